The molecule has 0 saturated heterocycles. The largest absolute Gasteiger partial charge is 0.492 e. The number of nitrogens with one attached hydrogen (secondary N) is 1. The Morgan fingerprint density at radius 3 is 2.63 bits per heavy atom. The summed E-state index contributed by atoms with van der Waals surface area (Å²) in [5.74, 6) is 0.821. The zero-order valence-electron chi connectivity index (χ0n) is 10.6. The summed E-state index contributed by atoms with van der Waals surface area (Å²) in [6.07, 6.45) is 1.52. The fraction of sp³-hybridized carbons (Fsp3) is 0.462. The van der Waals surface area contributed by atoms with Crippen molar-refractivity contribution >= 4 is 5.84 Å². The van der Waals surface area contributed by atoms with E-state index in [2.05, 4.69) is 10.5 Å². The van der Waals surface area contributed by atoms with Gasteiger partial charge in [-0.15, -0.1) is 0 Å². The first-order valence-electron chi connectivity index (χ1n) is 6.31. The Morgan fingerprint density at radius 1 is 1.37 bits per heavy atom. The van der Waals surface area contributed by atoms with Crippen LogP contribution in [0.4, 0.5) is 0 Å². The zero-order chi connectivity index (χ0) is 13.7. The summed E-state index contributed by atoms with van der Waals surface area (Å²) in [7, 11) is 0. The molecular formula is C13H19N3O3. The van der Waals surface area contributed by atoms with Gasteiger partial charge in [-0.3, -0.25) is 0 Å². The number of oxime groups is 1. The molecule has 6 heteroatoms. The lowest BCUT2D eigenvalue weighted by atomic mass is 9.90. The summed E-state index contributed by atoms with van der Waals surface area (Å²) >= 11 is 0. The van der Waals surface area contributed by atoms with Gasteiger partial charge in [0.1, 0.15) is 12.4 Å². The molecule has 1 saturated carbocycles. The average molecular weight is 265 g/mol. The van der Waals surface area contributed by atoms with Crippen LogP contribution in [0, 0.1) is 0 Å². The third-order valence-electron chi connectivity index (χ3n) is 3.17. The lowest BCUT2D eigenvalue weighted by Gasteiger charge is -2.32. The van der Waals surface area contributed by atoms with Crippen molar-refractivity contribution < 1.29 is 15.1 Å². The van der Waals surface area contributed by atoms with Crippen LogP contribution in [0.3, 0.4) is 0 Å². The van der Waals surface area contributed by atoms with Gasteiger partial charge in [0.15, 0.2) is 5.84 Å². The maximum Gasteiger partial charge on any atom is 0.170 e. The molecule has 0 bridgehead atoms. The molecule has 6 nitrogen and oxygen atoms in total. The predicted octanol–water partition coefficient (Wildman–Crippen LogP) is 0.273. The number of aliphatic hydroxyl groups excluding tert-OH is 1. The lowest BCUT2D eigenvalue weighted by Crippen LogP contribution is -2.45. The van der Waals surface area contributed by atoms with Gasteiger partial charge < -0.3 is 26.1 Å². The van der Waals surface area contributed by atoms with E-state index in [9.17, 15) is 0 Å². The molecule has 1 aliphatic rings. The Hall–Kier alpha value is -1.79. The minimum atomic E-state index is -0.135. The molecule has 5 N–H and O–H groups in total. The zero-order valence-corrected chi connectivity index (χ0v) is 10.6. The first kappa shape index (κ1) is 13.6. The predicted molar refractivity (Wildman–Crippen MR) is 71.5 cm³/mol. The number of aliphatic hydroxyl groups is 1. The van der Waals surface area contributed by atoms with Crippen LogP contribution in [-0.2, 0) is 0 Å². The summed E-state index contributed by atoms with van der Waals surface area (Å²) in [6.45, 7) is 1.31. The highest BCUT2D eigenvalue weighted by molar-refractivity contribution is 5.97. The highest BCUT2D eigenvalue weighted by Crippen LogP contribution is 2.19. The highest BCUT2D eigenvalue weighted by Gasteiger charge is 2.25. The van der Waals surface area contributed by atoms with Crippen molar-refractivity contribution in [1.82, 2.24) is 5.32 Å². The van der Waals surface area contributed by atoms with Gasteiger partial charge in [0.25, 0.3) is 0 Å². The van der Waals surface area contributed by atoms with Gasteiger partial charge in [-0.05, 0) is 37.1 Å². The van der Waals surface area contributed by atoms with Gasteiger partial charge in [0.05, 0.1) is 6.10 Å². The fourth-order valence-electron chi connectivity index (χ4n) is 1.97. The molecule has 1 aliphatic carbocycles. The normalized spacial score (nSPS) is 22.9. The Morgan fingerprint density at radius 2 is 2.05 bits per heavy atom. The van der Waals surface area contributed by atoms with E-state index >= 15 is 0 Å². The monoisotopic (exact) mass is 265 g/mol. The van der Waals surface area contributed by atoms with Crippen LogP contribution in [-0.4, -0.2) is 41.4 Å². The lowest BCUT2D eigenvalue weighted by molar-refractivity contribution is 0.0612. The summed E-state index contributed by atoms with van der Waals surface area (Å²) in [6, 6.07) is 7.45. The highest BCUT2D eigenvalue weighted by atomic mass is 16.5. The summed E-state index contributed by atoms with van der Waals surface area (Å²) in [5, 5.41) is 23.9. The smallest absolute Gasteiger partial charge is 0.170 e. The molecule has 0 spiro atoms. The molecule has 0 aromatic heterocycles. The van der Waals surface area contributed by atoms with Gasteiger partial charge in [0.2, 0.25) is 0 Å². The molecule has 1 aromatic carbocycles. The third kappa shape index (κ3) is 3.84. The van der Waals surface area contributed by atoms with E-state index in [1.54, 1.807) is 24.3 Å². The second kappa shape index (κ2) is 6.40. The van der Waals surface area contributed by atoms with E-state index in [0.717, 1.165) is 25.1 Å². The molecule has 0 heterocycles. The quantitative estimate of drug-likeness (QED) is 0.194. The van der Waals surface area contributed by atoms with E-state index in [1.165, 1.54) is 0 Å². The van der Waals surface area contributed by atoms with Gasteiger partial charge in [-0.2, -0.15) is 0 Å². The number of ether oxygens (including phenoxy) is 1. The Kier molecular flexibility index (Phi) is 4.59. The van der Waals surface area contributed by atoms with Crippen molar-refractivity contribution in [2.45, 2.75) is 25.0 Å². The van der Waals surface area contributed by atoms with E-state index in [4.69, 9.17) is 20.8 Å². The number of hydrogen-bond acceptors (Lipinski definition) is 5. The van der Waals surface area contributed by atoms with Crippen LogP contribution in [0.1, 0.15) is 18.4 Å². The van der Waals surface area contributed by atoms with Gasteiger partial charge >= 0.3 is 0 Å². The maximum absolute atomic E-state index is 9.14. The Balaban J connectivity index is 1.68. The van der Waals surface area contributed by atoms with Gasteiger partial charge in [0, 0.05) is 18.2 Å². The number of nitrogens with zero attached hydrogens (tertiary/aromatic N) is 1. The molecule has 0 radical (unpaired) electrons. The van der Waals surface area contributed by atoms with Crippen LogP contribution in [0.2, 0.25) is 0 Å². The SMILES string of the molecule is NC(=NO)c1ccc(OCCNC2CC(O)C2)cc1. The molecule has 0 unspecified atom stereocenters. The Labute approximate surface area is 111 Å². The third-order valence-corrected chi connectivity index (χ3v) is 3.17. The standard InChI is InChI=1S/C13H19N3O3/c14-13(16-18)9-1-3-12(4-2-9)19-6-5-15-10-7-11(17)8-10/h1-4,10-11,15,17-18H,5-8H2,(H2,14,16). The molecule has 0 aliphatic heterocycles. The maximum atomic E-state index is 9.14. The van der Waals surface area contributed by atoms with Crippen molar-refractivity contribution in [3.05, 3.63) is 29.8 Å². The number of hydrogen-bond donors (Lipinski definition) is 4. The Bertz CT molecular complexity index is 427. The fourth-order valence-corrected chi connectivity index (χ4v) is 1.97. The molecule has 2 rings (SSSR count). The van der Waals surface area contributed by atoms with Gasteiger partial charge in [-0.1, -0.05) is 5.16 Å². The number of amidine groups is 1. The van der Waals surface area contributed by atoms with Crippen molar-refractivity contribution in [3.8, 4) is 5.75 Å². The molecule has 1 aromatic rings. The van der Waals surface area contributed by atoms with Gasteiger partial charge in [-0.25, -0.2) is 0 Å². The molecule has 0 amide bonds. The number of rotatable bonds is 6. The van der Waals surface area contributed by atoms with Crippen LogP contribution >= 0.6 is 0 Å². The molecular weight excluding hydrogens is 246 g/mol. The second-order valence-corrected chi connectivity index (χ2v) is 4.63. The van der Waals surface area contributed by atoms with Crippen LogP contribution in [0.5, 0.6) is 5.75 Å². The minimum Gasteiger partial charge on any atom is -0.492 e. The molecule has 104 valence electrons. The number of nitrogens with two attached hydrogens (primary N) is 1. The summed E-state index contributed by atoms with van der Waals surface area (Å²) in [4.78, 5) is 0. The van der Waals surface area contributed by atoms with E-state index < -0.39 is 0 Å². The van der Waals surface area contributed by atoms with Crippen LogP contribution in [0.25, 0.3) is 0 Å². The van der Waals surface area contributed by atoms with Crippen LogP contribution in [0.15, 0.2) is 29.4 Å². The van der Waals surface area contributed by atoms with Crippen molar-refractivity contribution in [1.29, 1.82) is 0 Å². The second-order valence-electron chi connectivity index (χ2n) is 4.63. The average Bonchev–Trinajstić information content (AvgIpc) is 2.41. The van der Waals surface area contributed by atoms with Crippen molar-refractivity contribution in [2.24, 2.45) is 10.9 Å². The van der Waals surface area contributed by atoms with Crippen molar-refractivity contribution in [3.63, 3.8) is 0 Å². The van der Waals surface area contributed by atoms with Crippen molar-refractivity contribution in [2.75, 3.05) is 13.2 Å². The van der Waals surface area contributed by atoms with E-state index in [1.807, 2.05) is 0 Å². The molecule has 0 atom stereocenters. The topological polar surface area (TPSA) is 100 Å². The summed E-state index contributed by atoms with van der Waals surface area (Å²) in [5.41, 5.74) is 6.11. The minimum absolute atomic E-state index is 0.0803. The first-order valence-corrected chi connectivity index (χ1v) is 6.31. The molecule has 1 fully saturated rings. The van der Waals surface area contributed by atoms with E-state index in [0.29, 0.717) is 18.2 Å². The van der Waals surface area contributed by atoms with Crippen LogP contribution < -0.4 is 15.8 Å². The summed E-state index contributed by atoms with van der Waals surface area (Å²) < 4.78 is 5.55. The number of benzene rings is 1. The first-order chi connectivity index (χ1) is 9.19. The van der Waals surface area contributed by atoms with E-state index in [-0.39, 0.29) is 11.9 Å². The molecule has 19 heavy (non-hydrogen) atoms.